The topological polar surface area (TPSA) is 37.8 Å². The molecule has 0 aliphatic carbocycles. The van der Waals surface area contributed by atoms with Crippen molar-refractivity contribution in [2.75, 3.05) is 18.6 Å². The van der Waals surface area contributed by atoms with Gasteiger partial charge in [-0.1, -0.05) is 12.1 Å². The van der Waals surface area contributed by atoms with Gasteiger partial charge in [0.05, 0.1) is 3.57 Å². The molecule has 17 heavy (non-hydrogen) atoms. The second kappa shape index (κ2) is 5.68. The summed E-state index contributed by atoms with van der Waals surface area (Å²) >= 11 is 3.95. The molecular weight excluding hydrogens is 345 g/mol. The number of nitrogens with zero attached hydrogens (tertiary/aromatic N) is 2. The fraction of sp³-hybridized carbons (Fsp3) is 0.167. The second-order valence-electron chi connectivity index (χ2n) is 3.37. The van der Waals surface area contributed by atoms with E-state index in [9.17, 15) is 0 Å². The molecule has 1 heterocycles. The number of hydrogen-bond acceptors (Lipinski definition) is 4. The molecule has 0 atom stereocenters. The first-order valence-electron chi connectivity index (χ1n) is 5.09. The Morgan fingerprint density at radius 2 is 1.94 bits per heavy atom. The minimum atomic E-state index is 0.752. The Morgan fingerprint density at radius 1 is 1.24 bits per heavy atom. The second-order valence-corrected chi connectivity index (χ2v) is 5.41. The Hall–Kier alpha value is -0.820. The van der Waals surface area contributed by atoms with Crippen LogP contribution in [0.5, 0.6) is 0 Å². The third-order valence-corrected chi connectivity index (χ3v) is 3.86. The number of halogens is 1. The number of rotatable bonds is 3. The van der Waals surface area contributed by atoms with Crippen LogP contribution in [-0.2, 0) is 0 Å². The normalized spacial score (nSPS) is 10.3. The zero-order valence-corrected chi connectivity index (χ0v) is 12.5. The first kappa shape index (κ1) is 12.6. The van der Waals surface area contributed by atoms with E-state index in [2.05, 4.69) is 56.3 Å². The Balaban J connectivity index is 2.38. The summed E-state index contributed by atoms with van der Waals surface area (Å²) in [5.74, 6) is 1.62. The van der Waals surface area contributed by atoms with E-state index in [1.54, 1.807) is 11.8 Å². The van der Waals surface area contributed by atoms with Crippen molar-refractivity contribution >= 4 is 40.2 Å². The highest BCUT2D eigenvalue weighted by Crippen LogP contribution is 2.22. The summed E-state index contributed by atoms with van der Waals surface area (Å²) in [5, 5.41) is 3.07. The average Bonchev–Trinajstić information content (AvgIpc) is 2.39. The SMILES string of the molecule is CNc1nc(-c2ccc(SC)cc2)ncc1I. The highest BCUT2D eigenvalue weighted by atomic mass is 127. The van der Waals surface area contributed by atoms with Crippen molar-refractivity contribution in [2.45, 2.75) is 4.90 Å². The summed E-state index contributed by atoms with van der Waals surface area (Å²) in [6, 6.07) is 8.27. The molecule has 2 aromatic rings. The highest BCUT2D eigenvalue weighted by Gasteiger charge is 2.05. The molecule has 0 saturated carbocycles. The highest BCUT2D eigenvalue weighted by molar-refractivity contribution is 14.1. The molecule has 1 aromatic carbocycles. The molecule has 2 rings (SSSR count). The molecule has 0 radical (unpaired) electrons. The summed E-state index contributed by atoms with van der Waals surface area (Å²) < 4.78 is 1.02. The van der Waals surface area contributed by atoms with Gasteiger partial charge < -0.3 is 5.32 Å². The van der Waals surface area contributed by atoms with Crippen LogP contribution < -0.4 is 5.32 Å². The van der Waals surface area contributed by atoms with Gasteiger partial charge in [-0.3, -0.25) is 0 Å². The standard InChI is InChI=1S/C12H12IN3S/c1-14-12-10(13)7-15-11(16-12)8-3-5-9(17-2)6-4-8/h3-7H,1-2H3,(H,14,15,16). The smallest absolute Gasteiger partial charge is 0.161 e. The largest absolute Gasteiger partial charge is 0.372 e. The van der Waals surface area contributed by atoms with E-state index in [1.807, 2.05) is 25.4 Å². The summed E-state index contributed by atoms with van der Waals surface area (Å²) in [5.41, 5.74) is 1.04. The number of benzene rings is 1. The van der Waals surface area contributed by atoms with Crippen LogP contribution in [0.3, 0.4) is 0 Å². The van der Waals surface area contributed by atoms with Crippen LogP contribution in [0.1, 0.15) is 0 Å². The van der Waals surface area contributed by atoms with E-state index in [1.165, 1.54) is 4.90 Å². The number of thioether (sulfide) groups is 1. The zero-order valence-electron chi connectivity index (χ0n) is 9.57. The predicted molar refractivity (Wildman–Crippen MR) is 81.5 cm³/mol. The van der Waals surface area contributed by atoms with Gasteiger partial charge in [0.1, 0.15) is 5.82 Å². The lowest BCUT2D eigenvalue weighted by atomic mass is 10.2. The van der Waals surface area contributed by atoms with E-state index in [0.29, 0.717) is 0 Å². The molecule has 5 heteroatoms. The molecule has 0 aliphatic rings. The minimum absolute atomic E-state index is 0.752. The molecule has 0 aliphatic heterocycles. The van der Waals surface area contributed by atoms with Gasteiger partial charge in [0.15, 0.2) is 5.82 Å². The van der Waals surface area contributed by atoms with Crippen molar-refractivity contribution in [1.29, 1.82) is 0 Å². The first-order valence-corrected chi connectivity index (χ1v) is 7.39. The van der Waals surface area contributed by atoms with E-state index >= 15 is 0 Å². The number of hydrogen-bond donors (Lipinski definition) is 1. The summed E-state index contributed by atoms with van der Waals surface area (Å²) in [6.07, 6.45) is 3.90. The quantitative estimate of drug-likeness (QED) is 0.674. The van der Waals surface area contributed by atoms with Crippen LogP contribution in [0, 0.1) is 3.57 Å². The minimum Gasteiger partial charge on any atom is -0.372 e. The van der Waals surface area contributed by atoms with Gasteiger partial charge in [0.25, 0.3) is 0 Å². The monoisotopic (exact) mass is 357 g/mol. The fourth-order valence-electron chi connectivity index (χ4n) is 1.42. The van der Waals surface area contributed by atoms with Crippen molar-refractivity contribution < 1.29 is 0 Å². The van der Waals surface area contributed by atoms with Crippen LogP contribution in [-0.4, -0.2) is 23.3 Å². The van der Waals surface area contributed by atoms with Crippen LogP contribution in [0.25, 0.3) is 11.4 Å². The molecule has 0 unspecified atom stereocenters. The third kappa shape index (κ3) is 2.90. The fourth-order valence-corrected chi connectivity index (χ4v) is 2.36. The third-order valence-electron chi connectivity index (χ3n) is 2.33. The van der Waals surface area contributed by atoms with Crippen molar-refractivity contribution in [3.05, 3.63) is 34.0 Å². The maximum absolute atomic E-state index is 4.48. The molecule has 0 saturated heterocycles. The average molecular weight is 357 g/mol. The molecular formula is C12H12IN3S. The van der Waals surface area contributed by atoms with Crippen LogP contribution in [0.15, 0.2) is 35.4 Å². The molecule has 0 amide bonds. The molecule has 1 N–H and O–H groups in total. The van der Waals surface area contributed by atoms with Crippen LogP contribution in [0.4, 0.5) is 5.82 Å². The Bertz CT molecular complexity index is 514. The molecule has 0 fully saturated rings. The Morgan fingerprint density at radius 3 is 2.53 bits per heavy atom. The van der Waals surface area contributed by atoms with E-state index in [4.69, 9.17) is 0 Å². The maximum atomic E-state index is 4.48. The zero-order chi connectivity index (χ0) is 12.3. The molecule has 88 valence electrons. The number of aromatic nitrogens is 2. The summed E-state index contributed by atoms with van der Waals surface area (Å²) in [7, 11) is 1.87. The van der Waals surface area contributed by atoms with Crippen LogP contribution in [0.2, 0.25) is 0 Å². The van der Waals surface area contributed by atoms with Crippen LogP contribution >= 0.6 is 34.4 Å². The van der Waals surface area contributed by atoms with Gasteiger partial charge in [0.2, 0.25) is 0 Å². The van der Waals surface area contributed by atoms with E-state index < -0.39 is 0 Å². The van der Waals surface area contributed by atoms with Crippen molar-refractivity contribution in [1.82, 2.24) is 9.97 Å². The Labute approximate surface area is 119 Å². The van der Waals surface area contributed by atoms with Crippen molar-refractivity contribution in [3.63, 3.8) is 0 Å². The van der Waals surface area contributed by atoms with Crippen molar-refractivity contribution in [2.24, 2.45) is 0 Å². The van der Waals surface area contributed by atoms with Gasteiger partial charge in [-0.25, -0.2) is 9.97 Å². The van der Waals surface area contributed by atoms with Gasteiger partial charge in [0, 0.05) is 23.7 Å². The van der Waals surface area contributed by atoms with Gasteiger partial charge in [-0.2, -0.15) is 0 Å². The molecule has 3 nitrogen and oxygen atoms in total. The predicted octanol–water partition coefficient (Wildman–Crippen LogP) is 3.51. The summed E-state index contributed by atoms with van der Waals surface area (Å²) in [6.45, 7) is 0. The molecule has 0 bridgehead atoms. The van der Waals surface area contributed by atoms with Gasteiger partial charge >= 0.3 is 0 Å². The first-order chi connectivity index (χ1) is 8.24. The lowest BCUT2D eigenvalue weighted by Crippen LogP contribution is -1.99. The lowest BCUT2D eigenvalue weighted by Gasteiger charge is -2.05. The van der Waals surface area contributed by atoms with Gasteiger partial charge in [-0.15, -0.1) is 11.8 Å². The van der Waals surface area contributed by atoms with E-state index in [-0.39, 0.29) is 0 Å². The molecule has 1 aromatic heterocycles. The van der Waals surface area contributed by atoms with E-state index in [0.717, 1.165) is 20.8 Å². The molecule has 0 spiro atoms. The summed E-state index contributed by atoms with van der Waals surface area (Å²) in [4.78, 5) is 10.1. The number of anilines is 1. The number of nitrogens with one attached hydrogen (secondary N) is 1. The van der Waals surface area contributed by atoms with Gasteiger partial charge in [-0.05, 0) is 41.0 Å². The Kier molecular flexibility index (Phi) is 4.22. The van der Waals surface area contributed by atoms with Crippen molar-refractivity contribution in [3.8, 4) is 11.4 Å². The lowest BCUT2D eigenvalue weighted by molar-refractivity contribution is 1.15. The maximum Gasteiger partial charge on any atom is 0.161 e.